The SMILES string of the molecule is CC(=O)C(CC(C)C)(NC(=O)CCC1CCCC1)n1c(-c2ccccn2)noc1=O. The van der Waals surface area contributed by atoms with E-state index in [9.17, 15) is 14.4 Å². The summed E-state index contributed by atoms with van der Waals surface area (Å²) in [5.41, 5.74) is -1.19. The molecule has 1 amide bonds. The van der Waals surface area contributed by atoms with Gasteiger partial charge in [0.05, 0.1) is 0 Å². The molecular formula is C22H30N4O4. The van der Waals surface area contributed by atoms with Crippen LogP contribution in [-0.2, 0) is 15.3 Å². The van der Waals surface area contributed by atoms with E-state index >= 15 is 0 Å². The van der Waals surface area contributed by atoms with Gasteiger partial charge in [0.2, 0.25) is 11.7 Å². The molecule has 8 heteroatoms. The second kappa shape index (κ2) is 9.36. The fourth-order valence-corrected chi connectivity index (χ4v) is 4.35. The number of ketones is 1. The van der Waals surface area contributed by atoms with Gasteiger partial charge >= 0.3 is 5.76 Å². The first-order valence-corrected chi connectivity index (χ1v) is 10.7. The summed E-state index contributed by atoms with van der Waals surface area (Å²) in [5.74, 6) is -0.724. The summed E-state index contributed by atoms with van der Waals surface area (Å²) in [5, 5.41) is 6.75. The summed E-state index contributed by atoms with van der Waals surface area (Å²) >= 11 is 0. The van der Waals surface area contributed by atoms with Crippen LogP contribution >= 0.6 is 0 Å². The number of Topliss-reactive ketones (excluding diaryl/α,β-unsaturated/α-hetero) is 1. The Morgan fingerprint density at radius 2 is 2.03 bits per heavy atom. The van der Waals surface area contributed by atoms with E-state index in [-0.39, 0.29) is 29.9 Å². The Hall–Kier alpha value is -2.77. The first-order valence-electron chi connectivity index (χ1n) is 10.7. The van der Waals surface area contributed by atoms with Gasteiger partial charge in [-0.1, -0.05) is 50.8 Å². The lowest BCUT2D eigenvalue weighted by atomic mass is 9.92. The first kappa shape index (κ1) is 21.9. The molecule has 1 unspecified atom stereocenters. The summed E-state index contributed by atoms with van der Waals surface area (Å²) in [6, 6.07) is 5.17. The maximum Gasteiger partial charge on any atom is 0.444 e. The van der Waals surface area contributed by atoms with Crippen LogP contribution in [-0.4, -0.2) is 26.4 Å². The van der Waals surface area contributed by atoms with E-state index in [1.807, 2.05) is 13.8 Å². The Bertz CT molecular complexity index is 928. The van der Waals surface area contributed by atoms with Gasteiger partial charge in [-0.05, 0) is 43.7 Å². The summed E-state index contributed by atoms with van der Waals surface area (Å²) in [4.78, 5) is 42.8. The normalized spacial score (nSPS) is 16.5. The Labute approximate surface area is 176 Å². The van der Waals surface area contributed by atoms with E-state index in [1.165, 1.54) is 19.8 Å². The molecule has 1 fully saturated rings. The minimum absolute atomic E-state index is 0.0161. The molecule has 162 valence electrons. The summed E-state index contributed by atoms with van der Waals surface area (Å²) in [6.45, 7) is 5.24. The quantitative estimate of drug-likeness (QED) is 0.675. The Morgan fingerprint density at radius 1 is 1.30 bits per heavy atom. The van der Waals surface area contributed by atoms with Gasteiger partial charge < -0.3 is 5.32 Å². The van der Waals surface area contributed by atoms with Gasteiger partial charge in [0.15, 0.2) is 11.4 Å². The number of pyridine rings is 1. The zero-order chi connectivity index (χ0) is 21.7. The third-order valence-electron chi connectivity index (χ3n) is 5.77. The number of carbonyl (C=O) groups excluding carboxylic acids is 2. The summed E-state index contributed by atoms with van der Waals surface area (Å²) < 4.78 is 6.08. The third-order valence-corrected chi connectivity index (χ3v) is 5.77. The molecule has 1 aliphatic carbocycles. The fourth-order valence-electron chi connectivity index (χ4n) is 4.35. The van der Waals surface area contributed by atoms with Gasteiger partial charge in [0.25, 0.3) is 0 Å². The van der Waals surface area contributed by atoms with Gasteiger partial charge in [-0.25, -0.2) is 9.36 Å². The van der Waals surface area contributed by atoms with Crippen LogP contribution in [0.3, 0.4) is 0 Å². The molecule has 0 bridgehead atoms. The standard InChI is InChI=1S/C22H30N4O4/c1-15(2)14-22(16(3)27,24-19(28)12-11-17-8-4-5-9-17)26-20(25-30-21(26)29)18-10-6-7-13-23-18/h6-7,10,13,15,17H,4-5,8-9,11-12,14H2,1-3H3,(H,24,28). The minimum Gasteiger partial charge on any atom is -0.327 e. The topological polar surface area (TPSA) is 107 Å². The molecule has 8 nitrogen and oxygen atoms in total. The highest BCUT2D eigenvalue weighted by Gasteiger charge is 2.44. The van der Waals surface area contributed by atoms with Crippen molar-refractivity contribution >= 4 is 11.7 Å². The highest BCUT2D eigenvalue weighted by Crippen LogP contribution is 2.30. The van der Waals surface area contributed by atoms with Crippen molar-refractivity contribution in [2.24, 2.45) is 11.8 Å². The largest absolute Gasteiger partial charge is 0.444 e. The molecule has 1 aliphatic rings. The molecule has 2 aromatic rings. The van der Waals surface area contributed by atoms with Crippen molar-refractivity contribution in [1.29, 1.82) is 0 Å². The number of rotatable bonds is 9. The van der Waals surface area contributed by atoms with Crippen molar-refractivity contribution in [1.82, 2.24) is 20.0 Å². The van der Waals surface area contributed by atoms with Crippen LogP contribution in [0.4, 0.5) is 0 Å². The molecule has 1 saturated carbocycles. The monoisotopic (exact) mass is 414 g/mol. The molecule has 2 aromatic heterocycles. The molecule has 1 atom stereocenters. The van der Waals surface area contributed by atoms with Crippen molar-refractivity contribution in [2.75, 3.05) is 0 Å². The van der Waals surface area contributed by atoms with Crippen LogP contribution in [0.25, 0.3) is 11.5 Å². The van der Waals surface area contributed by atoms with Crippen LogP contribution in [0.2, 0.25) is 0 Å². The second-order valence-corrected chi connectivity index (χ2v) is 8.57. The van der Waals surface area contributed by atoms with E-state index in [4.69, 9.17) is 4.52 Å². The molecule has 1 N–H and O–H groups in total. The van der Waals surface area contributed by atoms with E-state index in [0.717, 1.165) is 23.8 Å². The number of amides is 1. The van der Waals surface area contributed by atoms with Crippen molar-refractivity contribution in [3.05, 3.63) is 34.9 Å². The van der Waals surface area contributed by atoms with Gasteiger partial charge in [0.1, 0.15) is 5.69 Å². The number of hydrogen-bond donors (Lipinski definition) is 1. The molecule has 0 radical (unpaired) electrons. The van der Waals surface area contributed by atoms with Crippen LogP contribution in [0.5, 0.6) is 0 Å². The molecule has 0 spiro atoms. The molecule has 3 rings (SSSR count). The molecular weight excluding hydrogens is 384 g/mol. The molecule has 0 saturated heterocycles. The fraction of sp³-hybridized carbons (Fsp3) is 0.591. The van der Waals surface area contributed by atoms with Crippen LogP contribution < -0.4 is 11.1 Å². The van der Waals surface area contributed by atoms with E-state index in [0.29, 0.717) is 18.0 Å². The molecule has 0 aromatic carbocycles. The number of hydrogen-bond acceptors (Lipinski definition) is 6. The second-order valence-electron chi connectivity index (χ2n) is 8.57. The number of nitrogens with zero attached hydrogens (tertiary/aromatic N) is 3. The lowest BCUT2D eigenvalue weighted by Crippen LogP contribution is -2.59. The molecule has 30 heavy (non-hydrogen) atoms. The summed E-state index contributed by atoms with van der Waals surface area (Å²) in [6.07, 6.45) is 7.61. The number of nitrogens with one attached hydrogen (secondary N) is 1. The predicted molar refractivity (Wildman–Crippen MR) is 111 cm³/mol. The van der Waals surface area contributed by atoms with E-state index in [2.05, 4.69) is 15.5 Å². The maximum atomic E-state index is 13.0. The maximum absolute atomic E-state index is 13.0. The highest BCUT2D eigenvalue weighted by atomic mass is 16.5. The van der Waals surface area contributed by atoms with Gasteiger partial charge in [-0.3, -0.25) is 19.1 Å². The zero-order valence-electron chi connectivity index (χ0n) is 17.9. The van der Waals surface area contributed by atoms with Gasteiger partial charge in [0, 0.05) is 12.6 Å². The minimum atomic E-state index is -1.58. The van der Waals surface area contributed by atoms with Crippen LogP contribution in [0.15, 0.2) is 33.7 Å². The number of carbonyl (C=O) groups is 2. The average molecular weight is 415 g/mol. The van der Waals surface area contributed by atoms with Crippen molar-refractivity contribution < 1.29 is 14.1 Å². The summed E-state index contributed by atoms with van der Waals surface area (Å²) in [7, 11) is 0. The lowest BCUT2D eigenvalue weighted by Gasteiger charge is -2.34. The zero-order valence-corrected chi connectivity index (χ0v) is 17.9. The molecule has 2 heterocycles. The van der Waals surface area contributed by atoms with Gasteiger partial charge in [-0.15, -0.1) is 0 Å². The van der Waals surface area contributed by atoms with Crippen LogP contribution in [0, 0.1) is 11.8 Å². The highest BCUT2D eigenvalue weighted by molar-refractivity contribution is 5.89. The third kappa shape index (κ3) is 4.68. The lowest BCUT2D eigenvalue weighted by molar-refractivity contribution is -0.136. The van der Waals surface area contributed by atoms with Crippen molar-refractivity contribution in [2.45, 2.75) is 71.4 Å². The number of aromatic nitrogens is 3. The Balaban J connectivity index is 1.98. The molecule has 0 aliphatic heterocycles. The van der Waals surface area contributed by atoms with E-state index in [1.54, 1.807) is 24.4 Å². The van der Waals surface area contributed by atoms with Crippen LogP contribution in [0.1, 0.15) is 65.7 Å². The van der Waals surface area contributed by atoms with Crippen molar-refractivity contribution in [3.8, 4) is 11.5 Å². The first-order chi connectivity index (χ1) is 14.3. The average Bonchev–Trinajstić information content (AvgIpc) is 3.35. The van der Waals surface area contributed by atoms with Crippen molar-refractivity contribution in [3.63, 3.8) is 0 Å². The Kier molecular flexibility index (Phi) is 6.84. The Morgan fingerprint density at radius 3 is 2.63 bits per heavy atom. The smallest absolute Gasteiger partial charge is 0.327 e. The van der Waals surface area contributed by atoms with E-state index < -0.39 is 11.4 Å². The van der Waals surface area contributed by atoms with Gasteiger partial charge in [-0.2, -0.15) is 0 Å². The predicted octanol–water partition coefficient (Wildman–Crippen LogP) is 3.27.